The van der Waals surface area contributed by atoms with Gasteiger partial charge in [-0.05, 0) is 28.0 Å². The molecule has 0 aliphatic rings. The van der Waals surface area contributed by atoms with Crippen LogP contribution in [0.25, 0.3) is 0 Å². The normalized spacial score (nSPS) is 12.9. The Balaban J connectivity index is 3.21. The van der Waals surface area contributed by atoms with Crippen LogP contribution in [-0.4, -0.2) is 8.76 Å². The van der Waals surface area contributed by atoms with Gasteiger partial charge in [-0.3, -0.25) is 4.21 Å². The van der Waals surface area contributed by atoms with Crippen molar-refractivity contribution in [2.75, 3.05) is 0 Å². The summed E-state index contributed by atoms with van der Waals surface area (Å²) in [6.07, 6.45) is 0. The maximum absolute atomic E-state index is 10.7. The maximum Gasteiger partial charge on any atom is 0.0299 e. The van der Waals surface area contributed by atoms with Crippen LogP contribution in [0.3, 0.4) is 0 Å². The number of hydrogen-bond donors (Lipinski definition) is 1. The molecule has 66 valence electrons. The van der Waals surface area contributed by atoms with Crippen molar-refractivity contribution in [2.24, 2.45) is 5.73 Å². The standard InChI is InChI=1S/C7H10NO2PS/c8-4-5-1-2-6(11)3-7(5)12(9)10/h1-3H,4,8,11H2,(H,9,10)/p-1. The first-order valence-corrected chi connectivity index (χ1v) is 4.98. The molecule has 0 radical (unpaired) electrons. The molecular weight excluding hydrogens is 193 g/mol. The van der Waals surface area contributed by atoms with Crippen molar-refractivity contribution in [3.05, 3.63) is 23.8 Å². The zero-order valence-corrected chi connectivity index (χ0v) is 8.29. The van der Waals surface area contributed by atoms with Crippen molar-refractivity contribution in [1.29, 1.82) is 0 Å². The van der Waals surface area contributed by atoms with Gasteiger partial charge >= 0.3 is 0 Å². The van der Waals surface area contributed by atoms with Crippen LogP contribution >= 0.6 is 9.24 Å². The lowest BCUT2D eigenvalue weighted by Crippen LogP contribution is -2.06. The topological polar surface area (TPSA) is 66.2 Å². The molecule has 0 amide bonds. The summed E-state index contributed by atoms with van der Waals surface area (Å²) in [5.41, 5.74) is 6.01. The summed E-state index contributed by atoms with van der Waals surface area (Å²) in [5, 5.41) is 0.839. The number of benzene rings is 1. The summed E-state index contributed by atoms with van der Waals surface area (Å²) >= 11 is -2.19. The smallest absolute Gasteiger partial charge is 0.0299 e. The van der Waals surface area contributed by atoms with Crippen LogP contribution in [0.2, 0.25) is 0 Å². The van der Waals surface area contributed by atoms with Gasteiger partial charge in [-0.2, -0.15) is 0 Å². The molecular formula is C7H9NO2PS-. The van der Waals surface area contributed by atoms with Gasteiger partial charge in [-0.15, -0.1) is 9.24 Å². The Morgan fingerprint density at radius 1 is 1.58 bits per heavy atom. The van der Waals surface area contributed by atoms with Gasteiger partial charge in [-0.1, -0.05) is 12.1 Å². The quantitative estimate of drug-likeness (QED) is 0.537. The lowest BCUT2D eigenvalue weighted by Gasteiger charge is -2.10. The first-order chi connectivity index (χ1) is 5.65. The Bertz CT molecular complexity index is 316. The summed E-state index contributed by atoms with van der Waals surface area (Å²) < 4.78 is 21.3. The molecule has 0 aromatic heterocycles. The van der Waals surface area contributed by atoms with E-state index < -0.39 is 11.1 Å². The Hall–Kier alpha value is -0.280. The Morgan fingerprint density at radius 3 is 2.75 bits per heavy atom. The molecule has 2 unspecified atom stereocenters. The van der Waals surface area contributed by atoms with Gasteiger partial charge in [0.05, 0.1) is 0 Å². The van der Waals surface area contributed by atoms with Crippen LogP contribution in [0.1, 0.15) is 5.56 Å². The highest BCUT2D eigenvalue weighted by molar-refractivity contribution is 7.79. The molecule has 0 heterocycles. The zero-order chi connectivity index (χ0) is 9.14. The van der Waals surface area contributed by atoms with Gasteiger partial charge < -0.3 is 10.3 Å². The molecule has 1 aromatic rings. The lowest BCUT2D eigenvalue weighted by atomic mass is 10.2. The zero-order valence-electron chi connectivity index (χ0n) is 6.32. The molecule has 0 aliphatic heterocycles. The Labute approximate surface area is 75.8 Å². The average Bonchev–Trinajstić information content (AvgIpc) is 2.04. The van der Waals surface area contributed by atoms with Gasteiger partial charge in [0.15, 0.2) is 0 Å². The summed E-state index contributed by atoms with van der Waals surface area (Å²) in [7, 11) is 2.44. The van der Waals surface area contributed by atoms with E-state index in [2.05, 4.69) is 9.24 Å². The minimum Gasteiger partial charge on any atom is -0.768 e. The predicted octanol–water partition coefficient (Wildman–Crippen LogP) is -0.116. The maximum atomic E-state index is 10.7. The molecule has 3 nitrogen and oxygen atoms in total. The summed E-state index contributed by atoms with van der Waals surface area (Å²) in [5.74, 6) is 0. The predicted molar refractivity (Wildman–Crippen MR) is 50.9 cm³/mol. The second-order valence-electron chi connectivity index (χ2n) is 2.31. The summed E-state index contributed by atoms with van der Waals surface area (Å²) in [6.45, 7) is 0.244. The van der Waals surface area contributed by atoms with E-state index in [-0.39, 0.29) is 11.4 Å². The highest BCUT2D eigenvalue weighted by atomic mass is 32.2. The largest absolute Gasteiger partial charge is 0.768 e. The fraction of sp³-hybridized carbons (Fsp3) is 0.143. The van der Waals surface area contributed by atoms with Crippen molar-refractivity contribution in [3.8, 4) is 0 Å². The fourth-order valence-electron chi connectivity index (χ4n) is 0.895. The molecule has 1 aromatic carbocycles. The van der Waals surface area contributed by atoms with Gasteiger partial charge in [-0.25, -0.2) is 0 Å². The molecule has 12 heavy (non-hydrogen) atoms. The van der Waals surface area contributed by atoms with Gasteiger partial charge in [0.1, 0.15) is 0 Å². The number of rotatable bonds is 2. The first kappa shape index (κ1) is 9.81. The van der Waals surface area contributed by atoms with E-state index in [4.69, 9.17) is 5.73 Å². The second-order valence-corrected chi connectivity index (χ2v) is 3.88. The third kappa shape index (κ3) is 2.11. The fourth-order valence-corrected chi connectivity index (χ4v) is 1.88. The van der Waals surface area contributed by atoms with E-state index >= 15 is 0 Å². The van der Waals surface area contributed by atoms with E-state index in [1.165, 1.54) is 0 Å². The minimum absolute atomic E-state index is 0.244. The van der Waals surface area contributed by atoms with E-state index in [9.17, 15) is 8.76 Å². The third-order valence-corrected chi connectivity index (χ3v) is 2.59. The number of hydrogen-bond acceptors (Lipinski definition) is 3. The average molecular weight is 202 g/mol. The van der Waals surface area contributed by atoms with Crippen LogP contribution in [0.15, 0.2) is 23.1 Å². The lowest BCUT2D eigenvalue weighted by molar-refractivity contribution is 0.536. The van der Waals surface area contributed by atoms with Crippen LogP contribution in [0.4, 0.5) is 0 Å². The third-order valence-electron chi connectivity index (χ3n) is 1.49. The highest BCUT2D eigenvalue weighted by Gasteiger charge is 2.00. The molecule has 0 saturated heterocycles. The van der Waals surface area contributed by atoms with E-state index in [1.807, 2.05) is 6.07 Å². The minimum atomic E-state index is -2.19. The molecule has 0 aliphatic carbocycles. The van der Waals surface area contributed by atoms with Gasteiger partial charge in [0.25, 0.3) is 0 Å². The van der Waals surface area contributed by atoms with Gasteiger partial charge in [0.2, 0.25) is 0 Å². The van der Waals surface area contributed by atoms with Crippen LogP contribution < -0.4 is 11.0 Å². The SMILES string of the molecule is NCc1ccc(P)cc1S(=O)[O-]. The van der Waals surface area contributed by atoms with E-state index in [0.717, 1.165) is 5.30 Å². The molecule has 1 rings (SSSR count). The number of nitrogens with two attached hydrogens (primary N) is 1. The van der Waals surface area contributed by atoms with Crippen molar-refractivity contribution in [1.82, 2.24) is 0 Å². The Kier molecular flexibility index (Phi) is 3.35. The highest BCUT2D eigenvalue weighted by Crippen LogP contribution is 2.11. The van der Waals surface area contributed by atoms with E-state index in [0.29, 0.717) is 5.56 Å². The molecule has 0 spiro atoms. The summed E-state index contributed by atoms with van der Waals surface area (Å²) in [4.78, 5) is 0.282. The molecule has 2 N–H and O–H groups in total. The van der Waals surface area contributed by atoms with Crippen molar-refractivity contribution < 1.29 is 8.76 Å². The van der Waals surface area contributed by atoms with Crippen LogP contribution in [-0.2, 0) is 17.6 Å². The Morgan fingerprint density at radius 2 is 2.25 bits per heavy atom. The molecule has 0 fully saturated rings. The van der Waals surface area contributed by atoms with Gasteiger partial charge in [0, 0.05) is 11.4 Å². The van der Waals surface area contributed by atoms with Crippen molar-refractivity contribution in [3.63, 3.8) is 0 Å². The van der Waals surface area contributed by atoms with Crippen molar-refractivity contribution in [2.45, 2.75) is 11.4 Å². The monoisotopic (exact) mass is 202 g/mol. The summed E-state index contributed by atoms with van der Waals surface area (Å²) in [6, 6.07) is 5.10. The van der Waals surface area contributed by atoms with E-state index in [1.54, 1.807) is 12.1 Å². The molecule has 0 bridgehead atoms. The first-order valence-electron chi connectivity index (χ1n) is 3.33. The van der Waals surface area contributed by atoms with Crippen LogP contribution in [0, 0.1) is 0 Å². The molecule has 5 heteroatoms. The van der Waals surface area contributed by atoms with Crippen molar-refractivity contribution >= 4 is 25.6 Å². The second kappa shape index (κ2) is 4.10. The molecule has 2 atom stereocenters. The van der Waals surface area contributed by atoms with Crippen LogP contribution in [0.5, 0.6) is 0 Å². The molecule has 0 saturated carbocycles.